The molecule has 9 nitrogen and oxygen atoms in total. The van der Waals surface area contributed by atoms with Crippen LogP contribution in [0.1, 0.15) is 24.6 Å². The van der Waals surface area contributed by atoms with Crippen molar-refractivity contribution in [3.63, 3.8) is 0 Å². The molecule has 0 unspecified atom stereocenters. The molecule has 0 radical (unpaired) electrons. The smallest absolute Gasteiger partial charge is 0.225 e. The number of nitrogens with two attached hydrogens (primary N) is 1. The summed E-state index contributed by atoms with van der Waals surface area (Å²) < 4.78 is 20.4. The van der Waals surface area contributed by atoms with Crippen LogP contribution in [-0.2, 0) is 0 Å². The van der Waals surface area contributed by atoms with Crippen molar-refractivity contribution in [2.75, 3.05) is 11.4 Å². The highest BCUT2D eigenvalue weighted by Crippen LogP contribution is 2.35. The third kappa shape index (κ3) is 3.98. The zero-order chi connectivity index (χ0) is 23.8. The number of rotatable bonds is 6. The number of ether oxygens (including phenoxy) is 1. The minimum absolute atomic E-state index is 0.0935. The molecule has 3 N–H and O–H groups in total. The van der Waals surface area contributed by atoms with Crippen LogP contribution in [0.4, 0.5) is 10.3 Å². The van der Waals surface area contributed by atoms with E-state index in [0.717, 1.165) is 13.0 Å². The number of aromatic amines is 1. The van der Waals surface area contributed by atoms with Crippen LogP contribution < -0.4 is 15.4 Å². The van der Waals surface area contributed by atoms with Crippen LogP contribution in [-0.4, -0.2) is 37.7 Å². The summed E-state index contributed by atoms with van der Waals surface area (Å²) in [5.74, 6) is -0.168. The molecule has 12 heteroatoms. The van der Waals surface area contributed by atoms with Crippen LogP contribution in [0.2, 0.25) is 10.0 Å². The normalized spacial score (nSPS) is 16.2. The molecular weight excluding hydrogens is 482 g/mol. The molecule has 0 saturated carbocycles. The molecule has 0 amide bonds. The fourth-order valence-corrected chi connectivity index (χ4v) is 4.41. The Bertz CT molecular complexity index is 1380. The second-order valence-electron chi connectivity index (χ2n) is 7.73. The highest BCUT2D eigenvalue weighted by atomic mass is 35.5. The van der Waals surface area contributed by atoms with Gasteiger partial charge < -0.3 is 9.64 Å². The summed E-state index contributed by atoms with van der Waals surface area (Å²) in [7, 11) is 0. The first kappa shape index (κ1) is 22.3. The predicted octanol–water partition coefficient (Wildman–Crippen LogP) is 4.39. The maximum atomic E-state index is 14.7. The number of nitriles is 1. The summed E-state index contributed by atoms with van der Waals surface area (Å²) in [6.45, 7) is 0.808. The monoisotopic (exact) mass is 498 g/mol. The molecule has 0 aliphatic carbocycles. The Labute approximate surface area is 203 Å². The van der Waals surface area contributed by atoms with Gasteiger partial charge in [0.2, 0.25) is 5.95 Å². The maximum absolute atomic E-state index is 14.7. The molecule has 1 fully saturated rings. The van der Waals surface area contributed by atoms with Crippen LogP contribution >= 0.6 is 23.2 Å². The zero-order valence-electron chi connectivity index (χ0n) is 17.5. The van der Waals surface area contributed by atoms with E-state index in [1.807, 2.05) is 4.90 Å². The Morgan fingerprint density at radius 3 is 2.62 bits per heavy atom. The molecule has 0 spiro atoms. The van der Waals surface area contributed by atoms with Crippen molar-refractivity contribution in [1.29, 1.82) is 5.26 Å². The Kier molecular flexibility index (Phi) is 5.91. The number of nitrogens with one attached hydrogen (secondary N) is 1. The van der Waals surface area contributed by atoms with Crippen molar-refractivity contribution in [3.8, 4) is 23.1 Å². The van der Waals surface area contributed by atoms with Crippen LogP contribution in [0.25, 0.3) is 22.2 Å². The van der Waals surface area contributed by atoms with E-state index >= 15 is 0 Å². The lowest BCUT2D eigenvalue weighted by Crippen LogP contribution is -2.48. The maximum Gasteiger partial charge on any atom is 0.225 e. The van der Waals surface area contributed by atoms with E-state index in [1.54, 1.807) is 12.4 Å². The van der Waals surface area contributed by atoms with E-state index < -0.39 is 12.0 Å². The summed E-state index contributed by atoms with van der Waals surface area (Å²) in [6.07, 6.45) is 6.30. The number of fused-ring (bicyclic) bond motifs is 1. The molecule has 2 atom stereocenters. The molecule has 1 aromatic carbocycles. The molecule has 5 rings (SSSR count). The van der Waals surface area contributed by atoms with E-state index in [9.17, 15) is 4.39 Å². The fraction of sp³-hybridized carbons (Fsp3) is 0.227. The highest BCUT2D eigenvalue weighted by molar-refractivity contribution is 6.35. The zero-order valence-corrected chi connectivity index (χ0v) is 19.1. The first-order chi connectivity index (χ1) is 16.5. The SMILES string of the molecule is N#CC[C@H]1CCN1c1ncc(-c2n[nH]c3cc(F)c(O[C@H](N)c4c(Cl)cncc4Cl)cc23)cn1. The third-order valence-corrected chi connectivity index (χ3v) is 6.29. The second kappa shape index (κ2) is 9.02. The number of nitrogens with zero attached hydrogens (tertiary/aromatic N) is 6. The molecule has 1 aliphatic heterocycles. The first-order valence-electron chi connectivity index (χ1n) is 10.3. The van der Waals surface area contributed by atoms with Gasteiger partial charge in [-0.3, -0.25) is 15.8 Å². The van der Waals surface area contributed by atoms with Gasteiger partial charge in [-0.25, -0.2) is 14.4 Å². The van der Waals surface area contributed by atoms with Crippen molar-refractivity contribution in [2.24, 2.45) is 5.73 Å². The summed E-state index contributed by atoms with van der Waals surface area (Å²) in [6, 6.07) is 5.09. The fourth-order valence-electron chi connectivity index (χ4n) is 3.83. The number of H-pyrrole nitrogens is 1. The van der Waals surface area contributed by atoms with Gasteiger partial charge in [0.05, 0.1) is 28.1 Å². The molecule has 4 heterocycles. The Hall–Kier alpha value is -3.52. The van der Waals surface area contributed by atoms with Crippen molar-refractivity contribution in [3.05, 3.63) is 58.3 Å². The average Bonchev–Trinajstić information content (AvgIpc) is 3.20. The topological polar surface area (TPSA) is 130 Å². The van der Waals surface area contributed by atoms with E-state index in [2.05, 4.69) is 31.2 Å². The van der Waals surface area contributed by atoms with Crippen LogP contribution in [0.5, 0.6) is 5.75 Å². The average molecular weight is 499 g/mol. The molecule has 1 aliphatic rings. The number of hydrogen-bond acceptors (Lipinski definition) is 8. The quantitative estimate of drug-likeness (QED) is 0.374. The van der Waals surface area contributed by atoms with Gasteiger partial charge in [-0.05, 0) is 12.5 Å². The van der Waals surface area contributed by atoms with Gasteiger partial charge >= 0.3 is 0 Å². The van der Waals surface area contributed by atoms with E-state index in [-0.39, 0.29) is 21.8 Å². The summed E-state index contributed by atoms with van der Waals surface area (Å²) in [5, 5.41) is 17.1. The third-order valence-electron chi connectivity index (χ3n) is 5.68. The number of benzene rings is 1. The lowest BCUT2D eigenvalue weighted by Gasteiger charge is -2.39. The number of pyridine rings is 1. The summed E-state index contributed by atoms with van der Waals surface area (Å²) >= 11 is 12.3. The molecule has 0 bridgehead atoms. The largest absolute Gasteiger partial charge is 0.468 e. The van der Waals surface area contributed by atoms with Gasteiger partial charge in [-0.15, -0.1) is 0 Å². The van der Waals surface area contributed by atoms with Gasteiger partial charge in [-0.2, -0.15) is 10.4 Å². The molecule has 1 saturated heterocycles. The van der Waals surface area contributed by atoms with Crippen molar-refractivity contribution >= 4 is 40.1 Å². The number of aromatic nitrogens is 5. The molecule has 34 heavy (non-hydrogen) atoms. The van der Waals surface area contributed by atoms with Crippen LogP contribution in [0.15, 0.2) is 36.9 Å². The first-order valence-corrected chi connectivity index (χ1v) is 11.1. The predicted molar refractivity (Wildman–Crippen MR) is 125 cm³/mol. The van der Waals surface area contributed by atoms with Crippen molar-refractivity contribution in [2.45, 2.75) is 25.1 Å². The van der Waals surface area contributed by atoms with Crippen molar-refractivity contribution < 1.29 is 9.13 Å². The Morgan fingerprint density at radius 1 is 1.24 bits per heavy atom. The van der Waals surface area contributed by atoms with Gasteiger partial charge in [0, 0.05) is 60.0 Å². The van der Waals surface area contributed by atoms with Crippen LogP contribution in [0.3, 0.4) is 0 Å². The minimum Gasteiger partial charge on any atom is -0.468 e. The molecule has 3 aromatic heterocycles. The number of hydrogen-bond donors (Lipinski definition) is 2. The second-order valence-corrected chi connectivity index (χ2v) is 8.54. The number of halogens is 3. The highest BCUT2D eigenvalue weighted by Gasteiger charge is 2.29. The van der Waals surface area contributed by atoms with E-state index in [1.165, 1.54) is 24.5 Å². The number of anilines is 1. The molecule has 172 valence electrons. The Morgan fingerprint density at radius 2 is 1.97 bits per heavy atom. The molecular formula is C22H17Cl2FN8O. The van der Waals surface area contributed by atoms with Crippen molar-refractivity contribution in [1.82, 2.24) is 25.1 Å². The van der Waals surface area contributed by atoms with Gasteiger partial charge in [0.25, 0.3) is 0 Å². The Balaban J connectivity index is 1.44. The lowest BCUT2D eigenvalue weighted by atomic mass is 10.0. The van der Waals surface area contributed by atoms with Gasteiger partial charge in [0.15, 0.2) is 17.8 Å². The summed E-state index contributed by atoms with van der Waals surface area (Å²) in [4.78, 5) is 14.7. The van der Waals surface area contributed by atoms with Gasteiger partial charge in [0.1, 0.15) is 5.69 Å². The lowest BCUT2D eigenvalue weighted by molar-refractivity contribution is 0.205. The van der Waals surface area contributed by atoms with E-state index in [4.69, 9.17) is 38.9 Å². The van der Waals surface area contributed by atoms with Crippen LogP contribution in [0, 0.1) is 17.1 Å². The minimum atomic E-state index is -1.12. The standard InChI is InChI=1S/C22H17Cl2FN8O/c23-14-9-28-10-15(24)19(14)21(27)34-18-5-13-17(6-16(18)25)31-32-20(13)11-7-29-22(30-8-11)33-4-2-12(33)1-3-26/h5-10,12,21H,1-2,4,27H2,(H,31,32)/t12-,21-/m0/s1. The van der Waals surface area contributed by atoms with Gasteiger partial charge in [-0.1, -0.05) is 23.2 Å². The summed E-state index contributed by atoms with van der Waals surface area (Å²) in [5.41, 5.74) is 8.04. The molecule has 4 aromatic rings. The van der Waals surface area contributed by atoms with E-state index in [0.29, 0.717) is 40.1 Å².